The fourth-order valence-corrected chi connectivity index (χ4v) is 3.72. The van der Waals surface area contributed by atoms with E-state index in [1.54, 1.807) is 4.90 Å². The molecule has 0 saturated carbocycles. The van der Waals surface area contributed by atoms with Gasteiger partial charge in [0.25, 0.3) is 0 Å². The standard InChI is InChI=1S/C22H27N3O2/c1-4-24(5-2)19-12-10-18(11-13-19)23-21(26)15-22(27)25-16(3)14-17-8-6-7-9-20(17)25/h6-13,16H,4-5,14-15H2,1-3H3,(H,23,26). The number of hydrogen-bond acceptors (Lipinski definition) is 3. The highest BCUT2D eigenvalue weighted by Crippen LogP contribution is 2.32. The molecule has 5 heteroatoms. The summed E-state index contributed by atoms with van der Waals surface area (Å²) in [5.41, 5.74) is 3.91. The molecule has 27 heavy (non-hydrogen) atoms. The van der Waals surface area contributed by atoms with Crippen molar-refractivity contribution < 1.29 is 9.59 Å². The highest BCUT2D eigenvalue weighted by Gasteiger charge is 2.31. The van der Waals surface area contributed by atoms with Gasteiger partial charge in [0.1, 0.15) is 6.42 Å². The van der Waals surface area contributed by atoms with Gasteiger partial charge in [0.15, 0.2) is 0 Å². The second-order valence-corrected chi connectivity index (χ2v) is 6.89. The van der Waals surface area contributed by atoms with Crippen LogP contribution in [0.15, 0.2) is 48.5 Å². The van der Waals surface area contributed by atoms with Crippen LogP contribution in [0.5, 0.6) is 0 Å². The first-order valence-electron chi connectivity index (χ1n) is 9.58. The van der Waals surface area contributed by atoms with Crippen LogP contribution in [0.1, 0.15) is 32.8 Å². The first-order valence-corrected chi connectivity index (χ1v) is 9.58. The van der Waals surface area contributed by atoms with Crippen molar-refractivity contribution in [3.8, 4) is 0 Å². The molecule has 142 valence electrons. The van der Waals surface area contributed by atoms with E-state index in [0.717, 1.165) is 36.4 Å². The van der Waals surface area contributed by atoms with E-state index in [1.165, 1.54) is 0 Å². The summed E-state index contributed by atoms with van der Waals surface area (Å²) < 4.78 is 0. The molecule has 1 N–H and O–H groups in total. The van der Waals surface area contributed by atoms with Crippen molar-refractivity contribution >= 4 is 28.9 Å². The van der Waals surface area contributed by atoms with Gasteiger partial charge < -0.3 is 15.1 Å². The number of nitrogens with zero attached hydrogens (tertiary/aromatic N) is 2. The van der Waals surface area contributed by atoms with E-state index in [-0.39, 0.29) is 24.3 Å². The zero-order valence-electron chi connectivity index (χ0n) is 16.2. The van der Waals surface area contributed by atoms with E-state index in [4.69, 9.17) is 0 Å². The number of carbonyl (C=O) groups is 2. The Morgan fingerprint density at radius 3 is 2.41 bits per heavy atom. The van der Waals surface area contributed by atoms with E-state index >= 15 is 0 Å². The highest BCUT2D eigenvalue weighted by atomic mass is 16.2. The number of amides is 2. The molecule has 5 nitrogen and oxygen atoms in total. The summed E-state index contributed by atoms with van der Waals surface area (Å²) in [6, 6.07) is 15.7. The normalized spacial score (nSPS) is 15.4. The van der Waals surface area contributed by atoms with E-state index in [1.807, 2.05) is 55.5 Å². The summed E-state index contributed by atoms with van der Waals surface area (Å²) in [6.07, 6.45) is 0.673. The Bertz CT molecular complexity index is 813. The largest absolute Gasteiger partial charge is 0.372 e. The second-order valence-electron chi connectivity index (χ2n) is 6.89. The number of para-hydroxylation sites is 1. The average Bonchev–Trinajstić information content (AvgIpc) is 2.99. The molecule has 0 saturated heterocycles. The topological polar surface area (TPSA) is 52.7 Å². The van der Waals surface area contributed by atoms with Crippen LogP contribution in [-0.2, 0) is 16.0 Å². The molecule has 1 atom stereocenters. The molecular formula is C22H27N3O2. The molecule has 1 aliphatic heterocycles. The summed E-state index contributed by atoms with van der Waals surface area (Å²) in [7, 11) is 0. The molecular weight excluding hydrogens is 338 g/mol. The molecule has 1 aliphatic rings. The van der Waals surface area contributed by atoms with Gasteiger partial charge in [-0.05, 0) is 63.1 Å². The predicted octanol–water partition coefficient (Wildman–Crippen LogP) is 3.84. The van der Waals surface area contributed by atoms with E-state index < -0.39 is 0 Å². The van der Waals surface area contributed by atoms with Crippen LogP contribution in [0.25, 0.3) is 0 Å². The quantitative estimate of drug-likeness (QED) is 0.792. The van der Waals surface area contributed by atoms with Crippen LogP contribution in [0.2, 0.25) is 0 Å². The SMILES string of the molecule is CCN(CC)c1ccc(NC(=O)CC(=O)N2c3ccccc3CC2C)cc1. The van der Waals surface area contributed by atoms with Crippen molar-refractivity contribution in [1.82, 2.24) is 0 Å². The van der Waals surface area contributed by atoms with Crippen molar-refractivity contribution in [3.63, 3.8) is 0 Å². The van der Waals surface area contributed by atoms with E-state index in [0.29, 0.717) is 5.69 Å². The monoisotopic (exact) mass is 365 g/mol. The van der Waals surface area contributed by atoms with Crippen LogP contribution < -0.4 is 15.1 Å². The molecule has 1 heterocycles. The molecule has 3 rings (SSSR count). The van der Waals surface area contributed by atoms with Crippen LogP contribution in [-0.4, -0.2) is 30.9 Å². The first kappa shape index (κ1) is 19.0. The van der Waals surface area contributed by atoms with Gasteiger partial charge in [-0.15, -0.1) is 0 Å². The van der Waals surface area contributed by atoms with Gasteiger partial charge in [-0.2, -0.15) is 0 Å². The molecule has 0 aromatic heterocycles. The average molecular weight is 365 g/mol. The second kappa shape index (κ2) is 8.25. The Morgan fingerprint density at radius 2 is 1.74 bits per heavy atom. The van der Waals surface area contributed by atoms with Crippen LogP contribution in [0.4, 0.5) is 17.1 Å². The highest BCUT2D eigenvalue weighted by molar-refractivity contribution is 6.10. The van der Waals surface area contributed by atoms with Crippen molar-refractivity contribution in [2.75, 3.05) is 28.2 Å². The van der Waals surface area contributed by atoms with Gasteiger partial charge in [-0.1, -0.05) is 18.2 Å². The van der Waals surface area contributed by atoms with Gasteiger partial charge in [-0.25, -0.2) is 0 Å². The third-order valence-corrected chi connectivity index (χ3v) is 5.07. The fourth-order valence-electron chi connectivity index (χ4n) is 3.72. The number of fused-ring (bicyclic) bond motifs is 1. The summed E-state index contributed by atoms with van der Waals surface area (Å²) >= 11 is 0. The zero-order chi connectivity index (χ0) is 19.4. The minimum Gasteiger partial charge on any atom is -0.372 e. The van der Waals surface area contributed by atoms with Gasteiger partial charge in [0.2, 0.25) is 11.8 Å². The molecule has 0 spiro atoms. The number of benzene rings is 2. The summed E-state index contributed by atoms with van der Waals surface area (Å²) in [5, 5.41) is 2.83. The van der Waals surface area contributed by atoms with Crippen molar-refractivity contribution in [1.29, 1.82) is 0 Å². The number of carbonyl (C=O) groups excluding carboxylic acids is 2. The molecule has 2 aromatic carbocycles. The third kappa shape index (κ3) is 4.13. The van der Waals surface area contributed by atoms with Crippen LogP contribution >= 0.6 is 0 Å². The maximum atomic E-state index is 12.7. The lowest BCUT2D eigenvalue weighted by Crippen LogP contribution is -2.37. The van der Waals surface area contributed by atoms with Gasteiger partial charge in [0.05, 0.1) is 0 Å². The van der Waals surface area contributed by atoms with Gasteiger partial charge in [-0.3, -0.25) is 9.59 Å². The Balaban J connectivity index is 1.62. The van der Waals surface area contributed by atoms with Crippen LogP contribution in [0, 0.1) is 0 Å². The van der Waals surface area contributed by atoms with Crippen molar-refractivity contribution in [2.45, 2.75) is 39.7 Å². The molecule has 2 amide bonds. The Hall–Kier alpha value is -2.82. The number of anilines is 3. The lowest BCUT2D eigenvalue weighted by atomic mass is 10.1. The summed E-state index contributed by atoms with van der Waals surface area (Å²) in [4.78, 5) is 29.0. The smallest absolute Gasteiger partial charge is 0.236 e. The minimum absolute atomic E-state index is 0.0797. The van der Waals surface area contributed by atoms with Crippen molar-refractivity contribution in [3.05, 3.63) is 54.1 Å². The van der Waals surface area contributed by atoms with E-state index in [9.17, 15) is 9.59 Å². The Kier molecular flexibility index (Phi) is 5.79. The number of rotatable bonds is 6. The minimum atomic E-state index is -0.285. The summed E-state index contributed by atoms with van der Waals surface area (Å²) in [5.74, 6) is -0.447. The lowest BCUT2D eigenvalue weighted by Gasteiger charge is -2.23. The van der Waals surface area contributed by atoms with Crippen LogP contribution in [0.3, 0.4) is 0 Å². The molecule has 1 unspecified atom stereocenters. The van der Waals surface area contributed by atoms with Gasteiger partial charge in [0, 0.05) is 36.2 Å². The van der Waals surface area contributed by atoms with Gasteiger partial charge >= 0.3 is 0 Å². The number of hydrogen-bond donors (Lipinski definition) is 1. The maximum absolute atomic E-state index is 12.7. The molecule has 0 radical (unpaired) electrons. The molecule has 0 bridgehead atoms. The van der Waals surface area contributed by atoms with Crippen molar-refractivity contribution in [2.24, 2.45) is 0 Å². The fraction of sp³-hybridized carbons (Fsp3) is 0.364. The molecule has 0 fully saturated rings. The predicted molar refractivity (Wildman–Crippen MR) is 110 cm³/mol. The van der Waals surface area contributed by atoms with E-state index in [2.05, 4.69) is 24.1 Å². The number of nitrogens with one attached hydrogen (secondary N) is 1. The lowest BCUT2D eigenvalue weighted by molar-refractivity contribution is -0.125. The Morgan fingerprint density at radius 1 is 1.07 bits per heavy atom. The zero-order valence-corrected chi connectivity index (χ0v) is 16.2. The third-order valence-electron chi connectivity index (χ3n) is 5.07. The summed E-state index contributed by atoms with van der Waals surface area (Å²) in [6.45, 7) is 8.12. The first-order chi connectivity index (χ1) is 13.0. The maximum Gasteiger partial charge on any atom is 0.236 e. The molecule has 0 aliphatic carbocycles. The Labute approximate surface area is 161 Å². The molecule has 2 aromatic rings.